The Kier molecular flexibility index (Phi) is 3.03. The molecule has 4 nitrogen and oxygen atoms in total. The molecule has 1 N–H and O–H groups in total. The minimum absolute atomic E-state index is 0.262. The van der Waals surface area contributed by atoms with Crippen LogP contribution in [0.5, 0.6) is 0 Å². The van der Waals surface area contributed by atoms with Crippen molar-refractivity contribution in [1.29, 1.82) is 0 Å². The van der Waals surface area contributed by atoms with E-state index in [2.05, 4.69) is 4.90 Å². The summed E-state index contributed by atoms with van der Waals surface area (Å²) in [6.07, 6.45) is 1.43. The van der Waals surface area contributed by atoms with Gasteiger partial charge in [0.15, 0.2) is 0 Å². The lowest BCUT2D eigenvalue weighted by atomic mass is 9.89. The van der Waals surface area contributed by atoms with Crippen molar-refractivity contribution in [2.24, 2.45) is 11.8 Å². The molecule has 0 bridgehead atoms. The van der Waals surface area contributed by atoms with E-state index in [1.807, 2.05) is 0 Å². The molecular weight excluding hydrogens is 182 g/mol. The van der Waals surface area contributed by atoms with Crippen LogP contribution in [0, 0.1) is 11.8 Å². The molecule has 0 unspecified atom stereocenters. The fourth-order valence-electron chi connectivity index (χ4n) is 2.39. The van der Waals surface area contributed by atoms with Crippen LogP contribution in [-0.2, 0) is 9.53 Å². The van der Waals surface area contributed by atoms with Crippen molar-refractivity contribution in [1.82, 2.24) is 4.90 Å². The standard InChI is InChI=1S/C10H17NO3/c12-10(13)2-4-11-3-1-8-6-14-7-9(8)5-11/h8-9H,1-7H2,(H,12,13)/t8-,9+/m1/s1. The molecule has 2 rings (SSSR count). The normalized spacial score (nSPS) is 32.9. The average molecular weight is 199 g/mol. The van der Waals surface area contributed by atoms with E-state index < -0.39 is 5.97 Å². The zero-order valence-electron chi connectivity index (χ0n) is 8.32. The predicted octanol–water partition coefficient (Wildman–Crippen LogP) is 0.429. The van der Waals surface area contributed by atoms with Crippen LogP contribution >= 0.6 is 0 Å². The Balaban J connectivity index is 1.77. The van der Waals surface area contributed by atoms with Gasteiger partial charge in [-0.3, -0.25) is 4.79 Å². The lowest BCUT2D eigenvalue weighted by Crippen LogP contribution is -2.40. The molecule has 0 radical (unpaired) electrons. The van der Waals surface area contributed by atoms with Gasteiger partial charge in [-0.1, -0.05) is 0 Å². The van der Waals surface area contributed by atoms with Crippen molar-refractivity contribution in [3.8, 4) is 0 Å². The molecule has 0 aromatic rings. The average Bonchev–Trinajstić information content (AvgIpc) is 2.61. The number of carbonyl (C=O) groups is 1. The Bertz CT molecular complexity index is 219. The monoisotopic (exact) mass is 199 g/mol. The Hall–Kier alpha value is -0.610. The number of rotatable bonds is 3. The topological polar surface area (TPSA) is 49.8 Å². The van der Waals surface area contributed by atoms with Gasteiger partial charge in [0.05, 0.1) is 13.0 Å². The van der Waals surface area contributed by atoms with Gasteiger partial charge < -0.3 is 14.7 Å². The number of aliphatic carboxylic acids is 1. The van der Waals surface area contributed by atoms with Crippen molar-refractivity contribution in [3.63, 3.8) is 0 Å². The molecule has 14 heavy (non-hydrogen) atoms. The van der Waals surface area contributed by atoms with Crippen LogP contribution in [0.25, 0.3) is 0 Å². The summed E-state index contributed by atoms with van der Waals surface area (Å²) in [4.78, 5) is 12.7. The molecule has 2 fully saturated rings. The lowest BCUT2D eigenvalue weighted by molar-refractivity contribution is -0.137. The smallest absolute Gasteiger partial charge is 0.304 e. The molecule has 2 atom stereocenters. The van der Waals surface area contributed by atoms with Crippen molar-refractivity contribution in [3.05, 3.63) is 0 Å². The summed E-state index contributed by atoms with van der Waals surface area (Å²) in [7, 11) is 0. The van der Waals surface area contributed by atoms with E-state index in [9.17, 15) is 4.79 Å². The fourth-order valence-corrected chi connectivity index (χ4v) is 2.39. The van der Waals surface area contributed by atoms with Crippen molar-refractivity contribution < 1.29 is 14.6 Å². The number of carboxylic acid groups (broad SMARTS) is 1. The van der Waals surface area contributed by atoms with E-state index in [1.54, 1.807) is 0 Å². The number of ether oxygens (including phenoxy) is 1. The van der Waals surface area contributed by atoms with Crippen LogP contribution in [0.4, 0.5) is 0 Å². The van der Waals surface area contributed by atoms with Gasteiger partial charge in [-0.2, -0.15) is 0 Å². The summed E-state index contributed by atoms with van der Waals surface area (Å²) in [6, 6.07) is 0. The molecule has 4 heteroatoms. The minimum atomic E-state index is -0.699. The first-order valence-electron chi connectivity index (χ1n) is 5.27. The van der Waals surface area contributed by atoms with Gasteiger partial charge in [-0.25, -0.2) is 0 Å². The van der Waals surface area contributed by atoms with Crippen LogP contribution in [0.15, 0.2) is 0 Å². The second kappa shape index (κ2) is 4.28. The zero-order valence-corrected chi connectivity index (χ0v) is 8.32. The van der Waals surface area contributed by atoms with Gasteiger partial charge in [0.25, 0.3) is 0 Å². The van der Waals surface area contributed by atoms with E-state index in [0.717, 1.165) is 32.2 Å². The van der Waals surface area contributed by atoms with E-state index >= 15 is 0 Å². The van der Waals surface area contributed by atoms with E-state index in [-0.39, 0.29) is 6.42 Å². The summed E-state index contributed by atoms with van der Waals surface area (Å²) in [5, 5.41) is 8.58. The number of hydrogen-bond acceptors (Lipinski definition) is 3. The maximum atomic E-state index is 10.4. The van der Waals surface area contributed by atoms with Gasteiger partial charge in [0.1, 0.15) is 0 Å². The number of fused-ring (bicyclic) bond motifs is 1. The van der Waals surface area contributed by atoms with Crippen LogP contribution in [0.2, 0.25) is 0 Å². The van der Waals surface area contributed by atoms with Crippen molar-refractivity contribution in [2.45, 2.75) is 12.8 Å². The van der Waals surface area contributed by atoms with Gasteiger partial charge >= 0.3 is 5.97 Å². The summed E-state index contributed by atoms with van der Waals surface area (Å²) < 4.78 is 5.42. The van der Waals surface area contributed by atoms with Gasteiger partial charge in [-0.15, -0.1) is 0 Å². The van der Waals surface area contributed by atoms with E-state index in [4.69, 9.17) is 9.84 Å². The lowest BCUT2D eigenvalue weighted by Gasteiger charge is -2.33. The Labute approximate surface area is 83.8 Å². The highest BCUT2D eigenvalue weighted by Crippen LogP contribution is 2.29. The zero-order chi connectivity index (χ0) is 9.97. The molecule has 0 aliphatic carbocycles. The largest absolute Gasteiger partial charge is 0.481 e. The number of carboxylic acids is 1. The third-order valence-electron chi connectivity index (χ3n) is 3.28. The molecule has 80 valence electrons. The molecule has 0 aromatic heterocycles. The molecule has 2 saturated heterocycles. The molecule has 0 amide bonds. The predicted molar refractivity (Wildman–Crippen MR) is 51.1 cm³/mol. The molecule has 2 aliphatic rings. The van der Waals surface area contributed by atoms with Crippen LogP contribution in [0.3, 0.4) is 0 Å². The number of nitrogens with zero attached hydrogens (tertiary/aromatic N) is 1. The third kappa shape index (κ3) is 2.25. The van der Waals surface area contributed by atoms with Crippen LogP contribution in [0.1, 0.15) is 12.8 Å². The number of piperidine rings is 1. The molecule has 2 heterocycles. The highest BCUT2D eigenvalue weighted by Gasteiger charge is 2.33. The number of hydrogen-bond donors (Lipinski definition) is 1. The first-order chi connectivity index (χ1) is 6.75. The molecular formula is C10H17NO3. The SMILES string of the molecule is O=C(O)CCN1CC[C@@H]2COC[C@@H]2C1. The van der Waals surface area contributed by atoms with Crippen LogP contribution < -0.4 is 0 Å². The summed E-state index contributed by atoms with van der Waals surface area (Å²) in [5.74, 6) is 0.684. The highest BCUT2D eigenvalue weighted by molar-refractivity contribution is 5.66. The second-order valence-electron chi connectivity index (χ2n) is 4.29. The van der Waals surface area contributed by atoms with E-state index in [0.29, 0.717) is 12.5 Å². The van der Waals surface area contributed by atoms with Gasteiger partial charge in [0.2, 0.25) is 0 Å². The number of likely N-dealkylation sites (tertiary alicyclic amines) is 1. The Morgan fingerprint density at radius 2 is 2.21 bits per heavy atom. The van der Waals surface area contributed by atoms with Crippen LogP contribution in [-0.4, -0.2) is 48.8 Å². The quantitative estimate of drug-likeness (QED) is 0.716. The first-order valence-corrected chi connectivity index (χ1v) is 5.27. The highest BCUT2D eigenvalue weighted by atomic mass is 16.5. The maximum absolute atomic E-state index is 10.4. The first kappa shape index (κ1) is 9.93. The molecule has 0 saturated carbocycles. The Morgan fingerprint density at radius 3 is 3.00 bits per heavy atom. The minimum Gasteiger partial charge on any atom is -0.481 e. The third-order valence-corrected chi connectivity index (χ3v) is 3.28. The van der Waals surface area contributed by atoms with Crippen molar-refractivity contribution >= 4 is 5.97 Å². The molecule has 0 spiro atoms. The van der Waals surface area contributed by atoms with Gasteiger partial charge in [-0.05, 0) is 18.9 Å². The summed E-state index contributed by atoms with van der Waals surface area (Å²) in [6.45, 7) is 4.54. The molecule has 0 aromatic carbocycles. The molecule has 2 aliphatic heterocycles. The fraction of sp³-hybridized carbons (Fsp3) is 0.900. The van der Waals surface area contributed by atoms with E-state index in [1.165, 1.54) is 6.42 Å². The summed E-state index contributed by atoms with van der Waals surface area (Å²) >= 11 is 0. The van der Waals surface area contributed by atoms with Crippen molar-refractivity contribution in [2.75, 3.05) is 32.8 Å². The Morgan fingerprint density at radius 1 is 1.43 bits per heavy atom. The maximum Gasteiger partial charge on any atom is 0.304 e. The summed E-state index contributed by atoms with van der Waals surface area (Å²) in [5.41, 5.74) is 0. The van der Waals surface area contributed by atoms with Gasteiger partial charge in [0, 0.05) is 25.6 Å². The second-order valence-corrected chi connectivity index (χ2v) is 4.29.